The Balaban J connectivity index is 1.84. The molecule has 0 unspecified atom stereocenters. The number of allylic oxidation sites excluding steroid dienone is 4. The van der Waals surface area contributed by atoms with E-state index < -0.39 is 33.8 Å². The van der Waals surface area contributed by atoms with Crippen molar-refractivity contribution >= 4 is 22.8 Å². The lowest BCUT2D eigenvalue weighted by Crippen LogP contribution is -2.40. The maximum atomic E-state index is 15.0. The van der Waals surface area contributed by atoms with Gasteiger partial charge >= 0.3 is 0 Å². The van der Waals surface area contributed by atoms with Gasteiger partial charge in [-0.05, 0) is 43.7 Å². The number of aliphatic imine (C=N–C) groups is 1. The summed E-state index contributed by atoms with van der Waals surface area (Å²) in [7, 11) is 1.31. The van der Waals surface area contributed by atoms with Crippen molar-refractivity contribution in [1.82, 2.24) is 4.98 Å². The van der Waals surface area contributed by atoms with E-state index in [4.69, 9.17) is 15.7 Å². The Morgan fingerprint density at radius 2 is 2.06 bits per heavy atom. The molecule has 1 aliphatic carbocycles. The van der Waals surface area contributed by atoms with Crippen LogP contribution in [0.2, 0.25) is 0 Å². The Labute approximate surface area is 193 Å². The van der Waals surface area contributed by atoms with Gasteiger partial charge < -0.3 is 10.5 Å². The Morgan fingerprint density at radius 1 is 1.36 bits per heavy atom. The molecule has 2 aliphatic rings. The summed E-state index contributed by atoms with van der Waals surface area (Å²) in [4.78, 5) is 7.97. The number of halogens is 4. The van der Waals surface area contributed by atoms with Crippen molar-refractivity contribution in [2.24, 2.45) is 16.6 Å². The SMILES string of the molecule is C=C(\C(F)=C/C=C(C)/C=C(\F)c1ccc(C#N)cn1)[C@@]1(C)N=C(N)S[C@]2(COC)[C@H]1C2(F)F. The van der Waals surface area contributed by atoms with Crippen LogP contribution >= 0.6 is 11.8 Å². The smallest absolute Gasteiger partial charge is 0.272 e. The third kappa shape index (κ3) is 4.23. The molecule has 174 valence electrons. The summed E-state index contributed by atoms with van der Waals surface area (Å²) in [6.45, 7) is 6.31. The zero-order chi connectivity index (χ0) is 24.6. The number of hydrogen-bond donors (Lipinski definition) is 1. The molecule has 3 rings (SSSR count). The zero-order valence-corrected chi connectivity index (χ0v) is 19.0. The summed E-state index contributed by atoms with van der Waals surface area (Å²) in [5.74, 6) is -6.08. The lowest BCUT2D eigenvalue weighted by atomic mass is 9.85. The minimum Gasteiger partial charge on any atom is -0.383 e. The van der Waals surface area contributed by atoms with Crippen LogP contribution in [0.3, 0.4) is 0 Å². The molecular weight excluding hydrogens is 456 g/mol. The summed E-state index contributed by atoms with van der Waals surface area (Å²) in [5.41, 5.74) is 4.51. The maximum absolute atomic E-state index is 15.0. The fourth-order valence-corrected chi connectivity index (χ4v) is 5.48. The highest BCUT2D eigenvalue weighted by atomic mass is 32.2. The van der Waals surface area contributed by atoms with Gasteiger partial charge in [-0.2, -0.15) is 5.26 Å². The van der Waals surface area contributed by atoms with Crippen molar-refractivity contribution in [3.63, 3.8) is 0 Å². The molecule has 0 aromatic carbocycles. The van der Waals surface area contributed by atoms with E-state index in [0.717, 1.165) is 23.9 Å². The second kappa shape index (κ2) is 8.80. The van der Waals surface area contributed by atoms with Crippen LogP contribution in [0.25, 0.3) is 5.83 Å². The van der Waals surface area contributed by atoms with E-state index in [2.05, 4.69) is 16.6 Å². The number of nitrogens with zero attached hydrogens (tertiary/aromatic N) is 3. The molecule has 2 heterocycles. The molecule has 2 N–H and O–H groups in total. The number of ether oxygens (including phenoxy) is 1. The first-order valence-corrected chi connectivity index (χ1v) is 10.6. The molecule has 0 amide bonds. The summed E-state index contributed by atoms with van der Waals surface area (Å²) < 4.78 is 62.3. The van der Waals surface area contributed by atoms with Crippen LogP contribution in [0, 0.1) is 17.2 Å². The molecule has 0 bridgehead atoms. The summed E-state index contributed by atoms with van der Waals surface area (Å²) in [6, 6.07) is 4.66. The van der Waals surface area contributed by atoms with Crippen LogP contribution in [0.15, 0.2) is 65.1 Å². The predicted molar refractivity (Wildman–Crippen MR) is 121 cm³/mol. The molecule has 1 aliphatic heterocycles. The second-order valence-electron chi connectivity index (χ2n) is 8.02. The number of nitrogens with two attached hydrogens (primary N) is 1. The molecule has 1 fully saturated rings. The average molecular weight is 479 g/mol. The van der Waals surface area contributed by atoms with Gasteiger partial charge in [0.2, 0.25) is 0 Å². The first-order valence-electron chi connectivity index (χ1n) is 9.81. The van der Waals surface area contributed by atoms with Gasteiger partial charge in [0.25, 0.3) is 5.92 Å². The fraction of sp³-hybridized carbons (Fsp3) is 0.348. The van der Waals surface area contributed by atoms with Gasteiger partial charge in [0.05, 0.1) is 29.3 Å². The molecule has 0 radical (unpaired) electrons. The number of fused-ring (bicyclic) bond motifs is 1. The van der Waals surface area contributed by atoms with Gasteiger partial charge in [0.15, 0.2) is 5.17 Å². The van der Waals surface area contributed by atoms with E-state index in [1.165, 1.54) is 45.4 Å². The van der Waals surface area contributed by atoms with E-state index in [9.17, 15) is 17.6 Å². The minimum atomic E-state index is -3.18. The monoisotopic (exact) mass is 478 g/mol. The third-order valence-corrected chi connectivity index (χ3v) is 7.03. The van der Waals surface area contributed by atoms with Crippen molar-refractivity contribution in [2.45, 2.75) is 30.1 Å². The zero-order valence-electron chi connectivity index (χ0n) is 18.2. The number of methoxy groups -OCH3 is 1. The Hall–Kier alpha value is -2.90. The largest absolute Gasteiger partial charge is 0.383 e. The van der Waals surface area contributed by atoms with Gasteiger partial charge in [0, 0.05) is 18.9 Å². The van der Waals surface area contributed by atoms with E-state index in [1.807, 2.05) is 6.07 Å². The van der Waals surface area contributed by atoms with Crippen LogP contribution in [0.4, 0.5) is 17.6 Å². The number of amidine groups is 1. The summed E-state index contributed by atoms with van der Waals surface area (Å²) >= 11 is 0.736. The number of pyridine rings is 1. The van der Waals surface area contributed by atoms with Crippen molar-refractivity contribution in [1.29, 1.82) is 5.26 Å². The van der Waals surface area contributed by atoms with Crippen LogP contribution in [-0.2, 0) is 4.74 Å². The van der Waals surface area contributed by atoms with E-state index >= 15 is 0 Å². The highest BCUT2D eigenvalue weighted by Gasteiger charge is 2.88. The van der Waals surface area contributed by atoms with Crippen LogP contribution in [0.1, 0.15) is 25.1 Å². The van der Waals surface area contributed by atoms with E-state index in [-0.39, 0.29) is 28.6 Å². The third-order valence-electron chi connectivity index (χ3n) is 5.74. The molecule has 0 saturated heterocycles. The van der Waals surface area contributed by atoms with Crippen LogP contribution in [-0.4, -0.2) is 40.1 Å². The highest BCUT2D eigenvalue weighted by molar-refractivity contribution is 8.15. The molecular formula is C23H22F4N4OS. The molecule has 3 atom stereocenters. The van der Waals surface area contributed by atoms with E-state index in [1.54, 1.807) is 0 Å². The van der Waals surface area contributed by atoms with E-state index in [0.29, 0.717) is 5.57 Å². The Morgan fingerprint density at radius 3 is 2.64 bits per heavy atom. The van der Waals surface area contributed by atoms with Crippen molar-refractivity contribution in [2.75, 3.05) is 13.7 Å². The normalized spacial score (nSPS) is 29.1. The number of aromatic nitrogens is 1. The molecule has 10 heteroatoms. The topological polar surface area (TPSA) is 84.3 Å². The lowest BCUT2D eigenvalue weighted by molar-refractivity contribution is 0.0667. The van der Waals surface area contributed by atoms with Gasteiger partial charge in [-0.1, -0.05) is 24.4 Å². The molecule has 1 aromatic rings. The maximum Gasteiger partial charge on any atom is 0.272 e. The van der Waals surface area contributed by atoms with Gasteiger partial charge in [0.1, 0.15) is 22.5 Å². The number of alkyl halides is 2. The van der Waals surface area contributed by atoms with Gasteiger partial charge in [-0.25, -0.2) is 17.6 Å². The lowest BCUT2D eigenvalue weighted by Gasteiger charge is -2.32. The number of thioether (sulfide) groups is 1. The standard InChI is InChI=1S/C23H22F4N4OS/c1-13(9-17(25)18-8-6-15(10-28)11-30-18)5-7-16(24)14(2)21(3)19-22(12-32-4,23(19,26)27)33-20(29)31-21/h5-9,11,19H,2,12H2,1,3-4H3,(H2,29,31)/b13-5+,16-7+,17-9-/t19-,21+,22+/m0/s1. The first-order chi connectivity index (χ1) is 15.4. The highest BCUT2D eigenvalue weighted by Crippen LogP contribution is 2.73. The Kier molecular flexibility index (Phi) is 6.60. The summed E-state index contributed by atoms with van der Waals surface area (Å²) in [6.07, 6.45) is 4.67. The quantitative estimate of drug-likeness (QED) is 0.436. The second-order valence-corrected chi connectivity index (χ2v) is 9.37. The Bertz CT molecular complexity index is 1140. The molecule has 1 aromatic heterocycles. The molecule has 0 spiro atoms. The van der Waals surface area contributed by atoms with Crippen molar-refractivity contribution in [3.05, 3.63) is 71.4 Å². The van der Waals surface area contributed by atoms with Crippen LogP contribution < -0.4 is 5.73 Å². The van der Waals surface area contributed by atoms with Gasteiger partial charge in [-0.15, -0.1) is 0 Å². The molecule has 5 nitrogen and oxygen atoms in total. The number of hydrogen-bond acceptors (Lipinski definition) is 6. The minimum absolute atomic E-state index is 0.0121. The predicted octanol–water partition coefficient (Wildman–Crippen LogP) is 5.09. The average Bonchev–Trinajstić information content (AvgIpc) is 3.26. The molecule has 33 heavy (non-hydrogen) atoms. The molecule has 1 saturated carbocycles. The number of rotatable bonds is 7. The summed E-state index contributed by atoms with van der Waals surface area (Å²) in [5, 5.41) is 8.68. The van der Waals surface area contributed by atoms with Crippen molar-refractivity contribution < 1.29 is 22.3 Å². The number of nitriles is 1. The van der Waals surface area contributed by atoms with Crippen LogP contribution in [0.5, 0.6) is 0 Å². The van der Waals surface area contributed by atoms with Crippen molar-refractivity contribution in [3.8, 4) is 6.07 Å². The fourth-order valence-electron chi connectivity index (χ4n) is 4.01. The van der Waals surface area contributed by atoms with Gasteiger partial charge in [-0.3, -0.25) is 9.98 Å². The first kappa shape index (κ1) is 24.7.